The Labute approximate surface area is 61.3 Å². The molecule has 64 valence electrons. The van der Waals surface area contributed by atoms with Crippen LogP contribution >= 0.6 is 0 Å². The van der Waals surface area contributed by atoms with Gasteiger partial charge in [0.2, 0.25) is 0 Å². The van der Waals surface area contributed by atoms with Crippen LogP contribution in [0.25, 0.3) is 0 Å². The molecule has 7 heteroatoms. The van der Waals surface area contributed by atoms with E-state index in [2.05, 4.69) is 19.6 Å². The van der Waals surface area contributed by atoms with Crippen molar-refractivity contribution < 1.29 is 34.2 Å². The third-order valence-electron chi connectivity index (χ3n) is 0.426. The average molecular weight is 166 g/mol. The molecule has 0 saturated carbocycles. The van der Waals surface area contributed by atoms with Crippen LogP contribution in [0.3, 0.4) is 0 Å². The SMILES string of the molecule is CCOOC(=O)OOC(=O)O. The van der Waals surface area contributed by atoms with Crippen molar-refractivity contribution in [1.82, 2.24) is 0 Å². The molecular formula is C4H6O7. The lowest BCUT2D eigenvalue weighted by Crippen LogP contribution is -2.11. The Morgan fingerprint density at radius 1 is 1.27 bits per heavy atom. The summed E-state index contributed by atoms with van der Waals surface area (Å²) in [6.45, 7) is 1.69. The lowest BCUT2D eigenvalue weighted by Gasteiger charge is -1.98. The van der Waals surface area contributed by atoms with Crippen molar-refractivity contribution in [3.8, 4) is 0 Å². The Morgan fingerprint density at radius 2 is 1.91 bits per heavy atom. The number of hydrogen-bond donors (Lipinski definition) is 1. The zero-order chi connectivity index (χ0) is 8.69. The van der Waals surface area contributed by atoms with Gasteiger partial charge in [0.25, 0.3) is 0 Å². The van der Waals surface area contributed by atoms with Crippen LogP contribution in [-0.2, 0) is 19.6 Å². The van der Waals surface area contributed by atoms with Crippen LogP contribution in [0.2, 0.25) is 0 Å². The zero-order valence-corrected chi connectivity index (χ0v) is 5.60. The van der Waals surface area contributed by atoms with Gasteiger partial charge < -0.3 is 5.11 Å². The molecule has 0 unspecified atom stereocenters. The first kappa shape index (κ1) is 9.50. The van der Waals surface area contributed by atoms with Crippen LogP contribution in [-0.4, -0.2) is 24.0 Å². The van der Waals surface area contributed by atoms with E-state index in [1.807, 2.05) is 0 Å². The molecule has 0 saturated heterocycles. The molecule has 0 aliphatic rings. The minimum Gasteiger partial charge on any atom is -0.447 e. The molecule has 0 aromatic rings. The van der Waals surface area contributed by atoms with Gasteiger partial charge in [-0.05, 0) is 6.92 Å². The molecule has 0 amide bonds. The summed E-state index contributed by atoms with van der Waals surface area (Å²) in [6, 6.07) is 0. The van der Waals surface area contributed by atoms with Gasteiger partial charge in [0.05, 0.1) is 6.61 Å². The molecule has 0 aromatic carbocycles. The molecule has 0 fully saturated rings. The molecule has 0 aliphatic carbocycles. The van der Waals surface area contributed by atoms with E-state index in [1.165, 1.54) is 0 Å². The monoisotopic (exact) mass is 166 g/mol. The predicted octanol–water partition coefficient (Wildman–Crippen LogP) is 0.701. The standard InChI is InChI=1S/C4H6O7/c1-2-8-10-4(7)11-9-3(5)6/h2H2,1H3,(H,5,6). The molecule has 0 aliphatic heterocycles. The van der Waals surface area contributed by atoms with Crippen LogP contribution in [0.15, 0.2) is 0 Å². The van der Waals surface area contributed by atoms with E-state index < -0.39 is 12.3 Å². The smallest absolute Gasteiger partial charge is 0.447 e. The quantitative estimate of drug-likeness (QED) is 0.476. The van der Waals surface area contributed by atoms with E-state index >= 15 is 0 Å². The van der Waals surface area contributed by atoms with Crippen LogP contribution < -0.4 is 0 Å². The fourth-order valence-electron chi connectivity index (χ4n) is 0.191. The number of carbonyl (C=O) groups excluding carboxylic acids is 1. The van der Waals surface area contributed by atoms with E-state index in [0.29, 0.717) is 0 Å². The first-order valence-electron chi connectivity index (χ1n) is 2.57. The van der Waals surface area contributed by atoms with Gasteiger partial charge in [-0.25, -0.2) is 4.79 Å². The first-order chi connectivity index (χ1) is 5.16. The molecule has 11 heavy (non-hydrogen) atoms. The van der Waals surface area contributed by atoms with Gasteiger partial charge in [0.15, 0.2) is 0 Å². The Morgan fingerprint density at radius 3 is 2.36 bits per heavy atom. The van der Waals surface area contributed by atoms with Gasteiger partial charge in [-0.15, -0.1) is 0 Å². The van der Waals surface area contributed by atoms with Crippen molar-refractivity contribution in [2.75, 3.05) is 6.61 Å². The second-order valence-corrected chi connectivity index (χ2v) is 1.17. The Balaban J connectivity index is 3.30. The lowest BCUT2D eigenvalue weighted by molar-refractivity contribution is -0.298. The lowest BCUT2D eigenvalue weighted by atomic mass is 10.9. The number of hydrogen-bond acceptors (Lipinski definition) is 6. The van der Waals surface area contributed by atoms with Crippen molar-refractivity contribution in [2.24, 2.45) is 0 Å². The summed E-state index contributed by atoms with van der Waals surface area (Å²) < 4.78 is 0. The second-order valence-electron chi connectivity index (χ2n) is 1.17. The molecule has 1 N–H and O–H groups in total. The highest BCUT2D eigenvalue weighted by atomic mass is 17.3. The van der Waals surface area contributed by atoms with E-state index in [4.69, 9.17) is 5.11 Å². The predicted molar refractivity (Wildman–Crippen MR) is 28.3 cm³/mol. The fourth-order valence-corrected chi connectivity index (χ4v) is 0.191. The summed E-state index contributed by atoms with van der Waals surface area (Å²) in [4.78, 5) is 34.5. The molecule has 0 radical (unpaired) electrons. The summed E-state index contributed by atoms with van der Waals surface area (Å²) in [5.41, 5.74) is 0. The van der Waals surface area contributed by atoms with Crippen LogP contribution in [0.4, 0.5) is 9.59 Å². The van der Waals surface area contributed by atoms with Gasteiger partial charge in [-0.1, -0.05) is 0 Å². The maximum absolute atomic E-state index is 10.1. The third-order valence-corrected chi connectivity index (χ3v) is 0.426. The topological polar surface area (TPSA) is 91.3 Å². The highest BCUT2D eigenvalue weighted by Crippen LogP contribution is 1.88. The Hall–Kier alpha value is -1.50. The first-order valence-corrected chi connectivity index (χ1v) is 2.57. The second kappa shape index (κ2) is 5.30. The van der Waals surface area contributed by atoms with Crippen LogP contribution in [0.5, 0.6) is 0 Å². The van der Waals surface area contributed by atoms with Crippen molar-refractivity contribution in [3.63, 3.8) is 0 Å². The minimum atomic E-state index is -1.75. The van der Waals surface area contributed by atoms with Gasteiger partial charge in [-0.3, -0.25) is 4.89 Å². The summed E-state index contributed by atoms with van der Waals surface area (Å²) in [5.74, 6) is 0. The van der Waals surface area contributed by atoms with Crippen molar-refractivity contribution in [1.29, 1.82) is 0 Å². The highest BCUT2D eigenvalue weighted by Gasteiger charge is 2.09. The van der Waals surface area contributed by atoms with E-state index in [9.17, 15) is 9.59 Å². The summed E-state index contributed by atoms with van der Waals surface area (Å²) >= 11 is 0. The van der Waals surface area contributed by atoms with Crippen molar-refractivity contribution in [3.05, 3.63) is 0 Å². The number of carbonyl (C=O) groups is 2. The molecular weight excluding hydrogens is 160 g/mol. The van der Waals surface area contributed by atoms with Gasteiger partial charge in [0, 0.05) is 0 Å². The minimum absolute atomic E-state index is 0.127. The fraction of sp³-hybridized carbons (Fsp3) is 0.500. The Bertz CT molecular complexity index is 141. The average Bonchev–Trinajstić information content (AvgIpc) is 1.97. The summed E-state index contributed by atoms with van der Waals surface area (Å²) in [5, 5.41) is 7.79. The number of rotatable bonds is 2. The molecule has 0 bridgehead atoms. The van der Waals surface area contributed by atoms with Gasteiger partial charge in [0.1, 0.15) is 0 Å². The molecule has 0 heterocycles. The molecule has 0 rings (SSSR count). The molecule has 0 aromatic heterocycles. The Kier molecular flexibility index (Phi) is 4.58. The van der Waals surface area contributed by atoms with E-state index in [1.54, 1.807) is 6.92 Å². The summed E-state index contributed by atoms with van der Waals surface area (Å²) in [6.07, 6.45) is -3.13. The van der Waals surface area contributed by atoms with Crippen molar-refractivity contribution in [2.45, 2.75) is 6.92 Å². The van der Waals surface area contributed by atoms with Gasteiger partial charge in [-0.2, -0.15) is 19.5 Å². The third kappa shape index (κ3) is 6.38. The summed E-state index contributed by atoms with van der Waals surface area (Å²) in [7, 11) is 0. The molecule has 0 spiro atoms. The van der Waals surface area contributed by atoms with Crippen LogP contribution in [0, 0.1) is 0 Å². The highest BCUT2D eigenvalue weighted by molar-refractivity contribution is 5.61. The van der Waals surface area contributed by atoms with Gasteiger partial charge >= 0.3 is 12.3 Å². The number of carboxylic acid groups (broad SMARTS) is 1. The van der Waals surface area contributed by atoms with E-state index in [0.717, 1.165) is 0 Å². The normalized spacial score (nSPS) is 8.45. The zero-order valence-electron chi connectivity index (χ0n) is 5.60. The maximum Gasteiger partial charge on any atom is 0.582 e. The molecule has 0 atom stereocenters. The van der Waals surface area contributed by atoms with Crippen molar-refractivity contribution >= 4 is 12.3 Å². The largest absolute Gasteiger partial charge is 0.582 e. The van der Waals surface area contributed by atoms with E-state index in [-0.39, 0.29) is 6.61 Å². The van der Waals surface area contributed by atoms with Crippen LogP contribution in [0.1, 0.15) is 6.92 Å². The maximum atomic E-state index is 10.1. The molecule has 7 nitrogen and oxygen atoms in total.